The fourth-order valence-electron chi connectivity index (χ4n) is 3.37. The van der Waals surface area contributed by atoms with Crippen LogP contribution >= 0.6 is 11.3 Å². The molecule has 1 fully saturated rings. The van der Waals surface area contributed by atoms with Crippen molar-refractivity contribution in [1.82, 2.24) is 19.9 Å². The number of hydrogen-bond donors (Lipinski definition) is 1. The van der Waals surface area contributed by atoms with Crippen molar-refractivity contribution >= 4 is 34.2 Å². The zero-order valence-electron chi connectivity index (χ0n) is 15.2. The van der Waals surface area contributed by atoms with E-state index in [-0.39, 0.29) is 5.91 Å². The van der Waals surface area contributed by atoms with Crippen LogP contribution in [0.5, 0.6) is 0 Å². The van der Waals surface area contributed by atoms with Crippen molar-refractivity contribution in [3.63, 3.8) is 0 Å². The van der Waals surface area contributed by atoms with Crippen molar-refractivity contribution in [3.05, 3.63) is 39.8 Å². The van der Waals surface area contributed by atoms with E-state index in [4.69, 9.17) is 4.98 Å². The topological polar surface area (TPSA) is 65.1 Å². The second-order valence-electron chi connectivity index (χ2n) is 6.59. The van der Waals surface area contributed by atoms with Crippen LogP contribution < -0.4 is 4.90 Å². The van der Waals surface area contributed by atoms with Crippen molar-refractivity contribution in [1.29, 1.82) is 0 Å². The molecule has 6 nitrogen and oxygen atoms in total. The van der Waals surface area contributed by atoms with E-state index in [0.29, 0.717) is 6.54 Å². The minimum Gasteiger partial charge on any atom is -0.341 e. The number of H-pyrrole nitrogens is 1. The van der Waals surface area contributed by atoms with Gasteiger partial charge in [-0.2, -0.15) is 0 Å². The third-order valence-corrected chi connectivity index (χ3v) is 6.09. The molecule has 1 N–H and O–H groups in total. The van der Waals surface area contributed by atoms with Crippen molar-refractivity contribution in [2.75, 3.05) is 31.1 Å². The van der Waals surface area contributed by atoms with Gasteiger partial charge in [-0.3, -0.25) is 4.79 Å². The minimum atomic E-state index is 0.117. The quantitative estimate of drug-likeness (QED) is 0.770. The standard InChI is InChI=1S/C19H23N5OS/c1-3-16-20-13(2)17(26-16)18(25)23-9-6-10-24(12-11-23)19-21-14-7-4-5-8-15(14)22-19/h4-5,7-8H,3,6,9-12H2,1-2H3,(H,21,22). The predicted molar refractivity (Wildman–Crippen MR) is 105 cm³/mol. The van der Waals surface area contributed by atoms with E-state index >= 15 is 0 Å². The molecule has 0 radical (unpaired) electrons. The largest absolute Gasteiger partial charge is 0.341 e. The molecule has 26 heavy (non-hydrogen) atoms. The highest BCUT2D eigenvalue weighted by Crippen LogP contribution is 2.22. The van der Waals surface area contributed by atoms with Gasteiger partial charge in [0.05, 0.1) is 21.7 Å². The molecule has 7 heteroatoms. The molecule has 1 aromatic carbocycles. The summed E-state index contributed by atoms with van der Waals surface area (Å²) in [6, 6.07) is 8.06. The molecule has 136 valence electrons. The van der Waals surface area contributed by atoms with E-state index in [9.17, 15) is 4.79 Å². The molecule has 1 aliphatic heterocycles. The Balaban J connectivity index is 1.49. The van der Waals surface area contributed by atoms with Gasteiger partial charge >= 0.3 is 0 Å². The van der Waals surface area contributed by atoms with Gasteiger partial charge in [0.1, 0.15) is 4.88 Å². The van der Waals surface area contributed by atoms with E-state index in [1.165, 1.54) is 11.3 Å². The fraction of sp³-hybridized carbons (Fsp3) is 0.421. The highest BCUT2D eigenvalue weighted by atomic mass is 32.1. The van der Waals surface area contributed by atoms with Crippen LogP contribution in [0, 0.1) is 6.92 Å². The normalized spacial score (nSPS) is 15.5. The fourth-order valence-corrected chi connectivity index (χ4v) is 4.34. The molecule has 0 atom stereocenters. The van der Waals surface area contributed by atoms with Gasteiger partial charge in [-0.1, -0.05) is 19.1 Å². The third-order valence-electron chi connectivity index (χ3n) is 4.80. The first-order valence-corrected chi connectivity index (χ1v) is 9.92. The summed E-state index contributed by atoms with van der Waals surface area (Å²) in [7, 11) is 0. The maximum atomic E-state index is 12.9. The number of anilines is 1. The Labute approximate surface area is 156 Å². The second kappa shape index (κ2) is 7.07. The number of aromatic amines is 1. The third kappa shape index (κ3) is 3.19. The number of carbonyl (C=O) groups is 1. The Bertz CT molecular complexity index is 898. The summed E-state index contributed by atoms with van der Waals surface area (Å²) < 4.78 is 0. The molecule has 1 amide bonds. The smallest absolute Gasteiger partial charge is 0.265 e. The molecule has 0 aliphatic carbocycles. The van der Waals surface area contributed by atoms with Gasteiger partial charge in [-0.15, -0.1) is 11.3 Å². The maximum absolute atomic E-state index is 12.9. The molecule has 0 spiro atoms. The Morgan fingerprint density at radius 2 is 2.04 bits per heavy atom. The van der Waals surface area contributed by atoms with Gasteiger partial charge in [-0.25, -0.2) is 9.97 Å². The lowest BCUT2D eigenvalue weighted by atomic mass is 10.3. The van der Waals surface area contributed by atoms with E-state index in [1.54, 1.807) is 0 Å². The van der Waals surface area contributed by atoms with Crippen molar-refractivity contribution in [2.24, 2.45) is 0 Å². The average molecular weight is 369 g/mol. The second-order valence-corrected chi connectivity index (χ2v) is 7.67. The van der Waals surface area contributed by atoms with Crippen molar-refractivity contribution < 1.29 is 4.79 Å². The molecular formula is C19H23N5OS. The van der Waals surface area contributed by atoms with Crippen LogP contribution in [0.4, 0.5) is 5.95 Å². The van der Waals surface area contributed by atoms with Crippen LogP contribution in [-0.2, 0) is 6.42 Å². The number of rotatable bonds is 3. The van der Waals surface area contributed by atoms with Gasteiger partial charge < -0.3 is 14.8 Å². The number of aromatic nitrogens is 3. The lowest BCUT2D eigenvalue weighted by Gasteiger charge is -2.21. The van der Waals surface area contributed by atoms with Gasteiger partial charge in [0.15, 0.2) is 0 Å². The van der Waals surface area contributed by atoms with Crippen LogP contribution in [0.15, 0.2) is 24.3 Å². The lowest BCUT2D eigenvalue weighted by Crippen LogP contribution is -2.35. The monoisotopic (exact) mass is 369 g/mol. The number of nitrogens with zero attached hydrogens (tertiary/aromatic N) is 4. The molecule has 4 rings (SSSR count). The first kappa shape index (κ1) is 17.0. The predicted octanol–water partition coefficient (Wildman–Crippen LogP) is 3.24. The molecule has 1 aliphatic rings. The van der Waals surface area contributed by atoms with E-state index < -0.39 is 0 Å². The van der Waals surface area contributed by atoms with Gasteiger partial charge in [0.25, 0.3) is 5.91 Å². The molecule has 0 unspecified atom stereocenters. The van der Waals surface area contributed by atoms with Crippen LogP contribution in [-0.4, -0.2) is 51.9 Å². The minimum absolute atomic E-state index is 0.117. The van der Waals surface area contributed by atoms with Crippen molar-refractivity contribution in [3.8, 4) is 0 Å². The van der Waals surface area contributed by atoms with Gasteiger partial charge in [0, 0.05) is 26.2 Å². The summed E-state index contributed by atoms with van der Waals surface area (Å²) in [5.41, 5.74) is 2.88. The number of carbonyl (C=O) groups excluding carboxylic acids is 1. The first-order valence-electron chi connectivity index (χ1n) is 9.11. The van der Waals surface area contributed by atoms with Crippen LogP contribution in [0.1, 0.15) is 33.7 Å². The molecular weight excluding hydrogens is 346 g/mol. The number of hydrogen-bond acceptors (Lipinski definition) is 5. The molecule has 1 saturated heterocycles. The first-order chi connectivity index (χ1) is 12.7. The summed E-state index contributed by atoms with van der Waals surface area (Å²) in [5, 5.41) is 1.03. The molecule has 3 aromatic rings. The van der Waals surface area contributed by atoms with E-state index in [2.05, 4.69) is 21.8 Å². The average Bonchev–Trinajstić information content (AvgIpc) is 3.16. The Morgan fingerprint density at radius 3 is 2.81 bits per heavy atom. The summed E-state index contributed by atoms with van der Waals surface area (Å²) in [4.78, 5) is 30.5. The van der Waals surface area contributed by atoms with Crippen LogP contribution in [0.2, 0.25) is 0 Å². The summed E-state index contributed by atoms with van der Waals surface area (Å²) in [6.07, 6.45) is 1.81. The number of thiazole rings is 1. The van der Waals surface area contributed by atoms with E-state index in [0.717, 1.165) is 65.0 Å². The zero-order chi connectivity index (χ0) is 18.1. The number of benzene rings is 1. The lowest BCUT2D eigenvalue weighted by molar-refractivity contribution is 0.0771. The highest BCUT2D eigenvalue weighted by molar-refractivity contribution is 7.13. The summed E-state index contributed by atoms with van der Waals surface area (Å²) in [5.74, 6) is 1.01. The van der Waals surface area contributed by atoms with Gasteiger partial charge in [-0.05, 0) is 31.9 Å². The SMILES string of the molecule is CCc1nc(C)c(C(=O)N2CCCN(c3nc4ccccc4[nH]3)CC2)s1. The number of imidazole rings is 1. The number of para-hydroxylation sites is 2. The van der Waals surface area contributed by atoms with E-state index in [1.807, 2.05) is 36.1 Å². The van der Waals surface area contributed by atoms with Gasteiger partial charge in [0.2, 0.25) is 5.95 Å². The van der Waals surface area contributed by atoms with Crippen LogP contribution in [0.25, 0.3) is 11.0 Å². The molecule has 0 saturated carbocycles. The molecule has 2 aromatic heterocycles. The zero-order valence-corrected chi connectivity index (χ0v) is 16.0. The summed E-state index contributed by atoms with van der Waals surface area (Å²) >= 11 is 1.53. The Morgan fingerprint density at radius 1 is 1.19 bits per heavy atom. The molecule has 3 heterocycles. The molecule has 0 bridgehead atoms. The number of aryl methyl sites for hydroxylation is 2. The van der Waals surface area contributed by atoms with Crippen molar-refractivity contribution in [2.45, 2.75) is 26.7 Å². The number of amides is 1. The summed E-state index contributed by atoms with van der Waals surface area (Å²) in [6.45, 7) is 7.16. The number of fused-ring (bicyclic) bond motifs is 1. The highest BCUT2D eigenvalue weighted by Gasteiger charge is 2.24. The van der Waals surface area contributed by atoms with Crippen LogP contribution in [0.3, 0.4) is 0 Å². The maximum Gasteiger partial charge on any atom is 0.265 e. The Kier molecular flexibility index (Phi) is 4.63. The number of nitrogens with one attached hydrogen (secondary N) is 1. The Hall–Kier alpha value is -2.41.